The average Bonchev–Trinajstić information content (AvgIpc) is 2.53. The highest BCUT2D eigenvalue weighted by Gasteiger charge is 2.28. The maximum Gasteiger partial charge on any atom is 0.253 e. The Bertz CT molecular complexity index is 551. The van der Waals surface area contributed by atoms with Crippen molar-refractivity contribution < 1.29 is 9.59 Å². The van der Waals surface area contributed by atoms with Crippen molar-refractivity contribution in [2.75, 3.05) is 33.2 Å². The number of likely N-dealkylation sites (tertiary alicyclic amines) is 1. The predicted molar refractivity (Wildman–Crippen MR) is 91.5 cm³/mol. The van der Waals surface area contributed by atoms with E-state index in [0.717, 1.165) is 42.6 Å². The van der Waals surface area contributed by atoms with Crippen LogP contribution in [-0.2, 0) is 4.79 Å². The Labute approximate surface area is 138 Å². The van der Waals surface area contributed by atoms with E-state index in [9.17, 15) is 9.59 Å². The Morgan fingerprint density at radius 3 is 2.52 bits per heavy atom. The normalized spacial score (nSPS) is 17.9. The molecule has 2 rings (SSSR count). The zero-order valence-corrected chi connectivity index (χ0v) is 14.3. The summed E-state index contributed by atoms with van der Waals surface area (Å²) in [6, 6.07) is 5.91. The number of amides is 2. The van der Waals surface area contributed by atoms with E-state index in [1.54, 1.807) is 0 Å². The van der Waals surface area contributed by atoms with Gasteiger partial charge in [-0.2, -0.15) is 0 Å². The standard InChI is InChI=1S/C18H27N3O2/c1-13-9-14(2)11-16(10-13)18(23)21-8-4-5-15(12-21)17(22)20-7-6-19-3/h9-11,15,19H,4-8,12H2,1-3H3,(H,20,22). The minimum absolute atomic E-state index is 0.0320. The number of piperidine rings is 1. The molecule has 0 saturated carbocycles. The molecule has 1 aliphatic rings. The highest BCUT2D eigenvalue weighted by Crippen LogP contribution is 2.20. The van der Waals surface area contributed by atoms with Gasteiger partial charge in [0, 0.05) is 31.7 Å². The summed E-state index contributed by atoms with van der Waals surface area (Å²) in [5.74, 6) is -0.0156. The summed E-state index contributed by atoms with van der Waals surface area (Å²) in [7, 11) is 1.86. The summed E-state index contributed by atoms with van der Waals surface area (Å²) in [5.41, 5.74) is 2.90. The SMILES string of the molecule is CNCCNC(=O)C1CCCN(C(=O)c2cc(C)cc(C)c2)C1. The van der Waals surface area contributed by atoms with Crippen LogP contribution in [0.2, 0.25) is 0 Å². The minimum atomic E-state index is -0.101. The summed E-state index contributed by atoms with van der Waals surface area (Å²) in [5, 5.41) is 5.94. The number of likely N-dealkylation sites (N-methyl/N-ethyl adjacent to an activating group) is 1. The van der Waals surface area contributed by atoms with Gasteiger partial charge in [0.05, 0.1) is 5.92 Å². The molecule has 0 aromatic heterocycles. The zero-order valence-electron chi connectivity index (χ0n) is 14.3. The highest BCUT2D eigenvalue weighted by atomic mass is 16.2. The molecule has 1 aliphatic heterocycles. The Morgan fingerprint density at radius 1 is 1.17 bits per heavy atom. The van der Waals surface area contributed by atoms with Crippen LogP contribution in [0.15, 0.2) is 18.2 Å². The molecular weight excluding hydrogens is 290 g/mol. The molecule has 1 atom stereocenters. The monoisotopic (exact) mass is 317 g/mol. The molecule has 1 unspecified atom stereocenters. The van der Waals surface area contributed by atoms with E-state index >= 15 is 0 Å². The Balaban J connectivity index is 1.99. The van der Waals surface area contributed by atoms with Crippen LogP contribution in [0, 0.1) is 19.8 Å². The first-order chi connectivity index (χ1) is 11.0. The zero-order chi connectivity index (χ0) is 16.8. The number of carbonyl (C=O) groups excluding carboxylic acids is 2. The maximum atomic E-state index is 12.7. The van der Waals surface area contributed by atoms with Crippen LogP contribution in [0.4, 0.5) is 0 Å². The van der Waals surface area contributed by atoms with Crippen LogP contribution in [0.1, 0.15) is 34.3 Å². The first-order valence-corrected chi connectivity index (χ1v) is 8.31. The lowest BCUT2D eigenvalue weighted by Crippen LogP contribution is -2.46. The van der Waals surface area contributed by atoms with Gasteiger partial charge < -0.3 is 15.5 Å². The Kier molecular flexibility index (Phi) is 6.16. The van der Waals surface area contributed by atoms with E-state index in [-0.39, 0.29) is 17.7 Å². The van der Waals surface area contributed by atoms with Crippen molar-refractivity contribution in [3.8, 4) is 0 Å². The average molecular weight is 317 g/mol. The van der Waals surface area contributed by atoms with Crippen molar-refractivity contribution >= 4 is 11.8 Å². The second kappa shape index (κ2) is 8.11. The number of hydrogen-bond acceptors (Lipinski definition) is 3. The third-order valence-corrected chi connectivity index (χ3v) is 4.22. The number of aryl methyl sites for hydroxylation is 2. The van der Waals surface area contributed by atoms with Crippen molar-refractivity contribution in [2.24, 2.45) is 5.92 Å². The fourth-order valence-corrected chi connectivity index (χ4v) is 3.11. The van der Waals surface area contributed by atoms with Crippen molar-refractivity contribution in [1.82, 2.24) is 15.5 Å². The molecular formula is C18H27N3O2. The molecule has 2 N–H and O–H groups in total. The van der Waals surface area contributed by atoms with Gasteiger partial charge >= 0.3 is 0 Å². The van der Waals surface area contributed by atoms with Gasteiger partial charge in [0.25, 0.3) is 5.91 Å². The molecule has 1 aromatic carbocycles. The summed E-state index contributed by atoms with van der Waals surface area (Å²) < 4.78 is 0. The van der Waals surface area contributed by atoms with Crippen molar-refractivity contribution in [1.29, 1.82) is 0 Å². The van der Waals surface area contributed by atoms with Crippen molar-refractivity contribution in [3.05, 3.63) is 34.9 Å². The van der Waals surface area contributed by atoms with Crippen molar-refractivity contribution in [2.45, 2.75) is 26.7 Å². The van der Waals surface area contributed by atoms with E-state index in [1.165, 1.54) is 0 Å². The van der Waals surface area contributed by atoms with Gasteiger partial charge in [0.15, 0.2) is 0 Å². The fourth-order valence-electron chi connectivity index (χ4n) is 3.11. The molecule has 2 amide bonds. The van der Waals surface area contributed by atoms with E-state index < -0.39 is 0 Å². The van der Waals surface area contributed by atoms with Gasteiger partial charge in [0.1, 0.15) is 0 Å². The molecule has 1 saturated heterocycles. The lowest BCUT2D eigenvalue weighted by atomic mass is 9.96. The molecule has 1 fully saturated rings. The summed E-state index contributed by atoms with van der Waals surface area (Å²) in [6.07, 6.45) is 1.72. The molecule has 0 bridgehead atoms. The lowest BCUT2D eigenvalue weighted by molar-refractivity contribution is -0.126. The van der Waals surface area contributed by atoms with Gasteiger partial charge in [-0.3, -0.25) is 9.59 Å². The predicted octanol–water partition coefficient (Wildman–Crippen LogP) is 1.49. The molecule has 23 heavy (non-hydrogen) atoms. The fraction of sp³-hybridized carbons (Fsp3) is 0.556. The van der Waals surface area contributed by atoms with Crippen LogP contribution in [0.5, 0.6) is 0 Å². The van der Waals surface area contributed by atoms with E-state index in [1.807, 2.05) is 37.9 Å². The van der Waals surface area contributed by atoms with Gasteiger partial charge in [-0.15, -0.1) is 0 Å². The van der Waals surface area contributed by atoms with Gasteiger partial charge in [-0.05, 0) is 45.9 Å². The van der Waals surface area contributed by atoms with Crippen LogP contribution >= 0.6 is 0 Å². The van der Waals surface area contributed by atoms with Crippen LogP contribution in [0.25, 0.3) is 0 Å². The molecule has 5 nitrogen and oxygen atoms in total. The lowest BCUT2D eigenvalue weighted by Gasteiger charge is -2.32. The molecule has 5 heteroatoms. The third kappa shape index (κ3) is 4.79. The second-order valence-electron chi connectivity index (χ2n) is 6.36. The molecule has 0 spiro atoms. The second-order valence-corrected chi connectivity index (χ2v) is 6.36. The van der Waals surface area contributed by atoms with E-state index in [4.69, 9.17) is 0 Å². The number of nitrogens with zero attached hydrogens (tertiary/aromatic N) is 1. The quantitative estimate of drug-likeness (QED) is 0.809. The van der Waals surface area contributed by atoms with Crippen LogP contribution in [-0.4, -0.2) is 49.9 Å². The van der Waals surface area contributed by atoms with E-state index in [2.05, 4.69) is 16.7 Å². The van der Waals surface area contributed by atoms with Gasteiger partial charge in [-0.1, -0.05) is 17.2 Å². The molecule has 0 aliphatic carbocycles. The first kappa shape index (κ1) is 17.5. The number of carbonyl (C=O) groups is 2. The summed E-state index contributed by atoms with van der Waals surface area (Å²) in [6.45, 7) is 6.61. The maximum absolute atomic E-state index is 12.7. The smallest absolute Gasteiger partial charge is 0.253 e. The van der Waals surface area contributed by atoms with Gasteiger partial charge in [0.2, 0.25) is 5.91 Å². The highest BCUT2D eigenvalue weighted by molar-refractivity contribution is 5.95. The Morgan fingerprint density at radius 2 is 1.87 bits per heavy atom. The number of rotatable bonds is 5. The molecule has 1 aromatic rings. The number of nitrogens with one attached hydrogen (secondary N) is 2. The molecule has 0 radical (unpaired) electrons. The largest absolute Gasteiger partial charge is 0.355 e. The minimum Gasteiger partial charge on any atom is -0.355 e. The third-order valence-electron chi connectivity index (χ3n) is 4.22. The topological polar surface area (TPSA) is 61.4 Å². The summed E-state index contributed by atoms with van der Waals surface area (Å²) >= 11 is 0. The number of benzene rings is 1. The Hall–Kier alpha value is -1.88. The summed E-state index contributed by atoms with van der Waals surface area (Å²) in [4.78, 5) is 26.7. The number of hydrogen-bond donors (Lipinski definition) is 2. The molecule has 126 valence electrons. The molecule has 1 heterocycles. The van der Waals surface area contributed by atoms with E-state index in [0.29, 0.717) is 13.1 Å². The van der Waals surface area contributed by atoms with Gasteiger partial charge in [-0.25, -0.2) is 0 Å². The first-order valence-electron chi connectivity index (χ1n) is 8.31. The van der Waals surface area contributed by atoms with Crippen LogP contribution in [0.3, 0.4) is 0 Å². The van der Waals surface area contributed by atoms with Crippen LogP contribution < -0.4 is 10.6 Å². The van der Waals surface area contributed by atoms with Crippen molar-refractivity contribution in [3.63, 3.8) is 0 Å².